The van der Waals surface area contributed by atoms with Gasteiger partial charge in [0.2, 0.25) is 0 Å². The molecule has 88 valence electrons. The van der Waals surface area contributed by atoms with Gasteiger partial charge in [0.1, 0.15) is 5.78 Å². The van der Waals surface area contributed by atoms with Gasteiger partial charge >= 0.3 is 0 Å². The van der Waals surface area contributed by atoms with Crippen LogP contribution in [0.5, 0.6) is 0 Å². The molecular formula is C16H18O. The van der Waals surface area contributed by atoms with Crippen LogP contribution in [0.2, 0.25) is 0 Å². The number of carbonyl (C=O) groups is 1. The molecule has 0 fully saturated rings. The average molecular weight is 226 g/mol. The van der Waals surface area contributed by atoms with Crippen LogP contribution in [0.15, 0.2) is 42.5 Å². The smallest absolute Gasteiger partial charge is 0.130 e. The van der Waals surface area contributed by atoms with Crippen LogP contribution in [-0.4, -0.2) is 5.78 Å². The summed E-state index contributed by atoms with van der Waals surface area (Å²) in [5.74, 6) is 0.627. The molecule has 17 heavy (non-hydrogen) atoms. The fourth-order valence-electron chi connectivity index (χ4n) is 2.31. The molecule has 0 saturated heterocycles. The van der Waals surface area contributed by atoms with Gasteiger partial charge in [-0.1, -0.05) is 49.4 Å². The largest absolute Gasteiger partial charge is 0.300 e. The molecular weight excluding hydrogens is 208 g/mol. The number of carbonyl (C=O) groups excluding carboxylic acids is 1. The SMILES string of the molecule is CC[C@H](CC(C)=O)c1ccc2ccccc2c1. The molecule has 2 aromatic carbocycles. The molecule has 1 nitrogen and oxygen atoms in total. The van der Waals surface area contributed by atoms with E-state index >= 15 is 0 Å². The van der Waals surface area contributed by atoms with Crippen molar-refractivity contribution in [2.75, 3.05) is 0 Å². The second-order valence-electron chi connectivity index (χ2n) is 4.62. The van der Waals surface area contributed by atoms with Crippen molar-refractivity contribution >= 4 is 16.6 Å². The maximum atomic E-state index is 11.2. The van der Waals surface area contributed by atoms with Gasteiger partial charge in [0.05, 0.1) is 0 Å². The molecule has 0 aromatic heterocycles. The van der Waals surface area contributed by atoms with Crippen LogP contribution in [0.1, 0.15) is 38.2 Å². The number of rotatable bonds is 4. The maximum absolute atomic E-state index is 11.2. The minimum Gasteiger partial charge on any atom is -0.300 e. The van der Waals surface area contributed by atoms with Gasteiger partial charge in [0.15, 0.2) is 0 Å². The quantitative estimate of drug-likeness (QED) is 0.759. The fraction of sp³-hybridized carbons (Fsp3) is 0.312. The normalized spacial score (nSPS) is 12.6. The fourth-order valence-corrected chi connectivity index (χ4v) is 2.31. The molecule has 0 unspecified atom stereocenters. The van der Waals surface area contributed by atoms with Crippen molar-refractivity contribution < 1.29 is 4.79 Å². The predicted octanol–water partition coefficient (Wildman–Crippen LogP) is 4.31. The van der Waals surface area contributed by atoms with Crippen molar-refractivity contribution in [1.82, 2.24) is 0 Å². The van der Waals surface area contributed by atoms with Gasteiger partial charge < -0.3 is 4.79 Å². The highest BCUT2D eigenvalue weighted by Crippen LogP contribution is 2.26. The first-order chi connectivity index (χ1) is 8.20. The standard InChI is InChI=1S/C16H18O/c1-3-13(10-12(2)17)16-9-8-14-6-4-5-7-15(14)11-16/h4-9,11,13H,3,10H2,1-2H3/t13-/m1/s1. The zero-order valence-electron chi connectivity index (χ0n) is 10.4. The van der Waals surface area contributed by atoms with Gasteiger partial charge in [0, 0.05) is 6.42 Å². The van der Waals surface area contributed by atoms with E-state index in [1.165, 1.54) is 16.3 Å². The van der Waals surface area contributed by atoms with E-state index in [2.05, 4.69) is 49.4 Å². The Balaban J connectivity index is 2.37. The summed E-state index contributed by atoms with van der Waals surface area (Å²) in [7, 11) is 0. The second kappa shape index (κ2) is 5.13. The molecule has 0 N–H and O–H groups in total. The first kappa shape index (κ1) is 11.8. The van der Waals surface area contributed by atoms with Crippen molar-refractivity contribution in [2.45, 2.75) is 32.6 Å². The Morgan fingerprint density at radius 1 is 1.12 bits per heavy atom. The molecule has 0 bridgehead atoms. The van der Waals surface area contributed by atoms with Gasteiger partial charge in [-0.15, -0.1) is 0 Å². The predicted molar refractivity (Wildman–Crippen MR) is 72.3 cm³/mol. The number of hydrogen-bond donors (Lipinski definition) is 0. The van der Waals surface area contributed by atoms with Crippen molar-refractivity contribution in [3.05, 3.63) is 48.0 Å². The van der Waals surface area contributed by atoms with E-state index in [0.29, 0.717) is 12.3 Å². The molecule has 0 radical (unpaired) electrons. The van der Waals surface area contributed by atoms with Crippen LogP contribution in [0, 0.1) is 0 Å². The van der Waals surface area contributed by atoms with E-state index in [4.69, 9.17) is 0 Å². The third-order valence-corrected chi connectivity index (χ3v) is 3.27. The van der Waals surface area contributed by atoms with E-state index in [1.807, 2.05) is 0 Å². The van der Waals surface area contributed by atoms with Crippen LogP contribution in [-0.2, 0) is 4.79 Å². The van der Waals surface area contributed by atoms with Crippen molar-refractivity contribution in [2.24, 2.45) is 0 Å². The third-order valence-electron chi connectivity index (χ3n) is 3.27. The highest BCUT2D eigenvalue weighted by molar-refractivity contribution is 5.83. The monoisotopic (exact) mass is 226 g/mol. The van der Waals surface area contributed by atoms with Gasteiger partial charge in [-0.2, -0.15) is 0 Å². The molecule has 2 rings (SSSR count). The molecule has 0 amide bonds. The summed E-state index contributed by atoms with van der Waals surface area (Å²) in [4.78, 5) is 11.2. The lowest BCUT2D eigenvalue weighted by Gasteiger charge is -2.14. The molecule has 2 aromatic rings. The van der Waals surface area contributed by atoms with E-state index in [1.54, 1.807) is 6.92 Å². The molecule has 0 spiro atoms. The van der Waals surface area contributed by atoms with Gasteiger partial charge in [-0.25, -0.2) is 0 Å². The van der Waals surface area contributed by atoms with E-state index in [-0.39, 0.29) is 5.78 Å². The molecule has 0 aliphatic heterocycles. The Kier molecular flexibility index (Phi) is 3.58. The molecule has 0 aliphatic carbocycles. The summed E-state index contributed by atoms with van der Waals surface area (Å²) >= 11 is 0. The minimum absolute atomic E-state index is 0.269. The summed E-state index contributed by atoms with van der Waals surface area (Å²) < 4.78 is 0. The summed E-state index contributed by atoms with van der Waals surface area (Å²) in [6, 6.07) is 14.9. The van der Waals surface area contributed by atoms with E-state index < -0.39 is 0 Å². The summed E-state index contributed by atoms with van der Waals surface area (Å²) in [5, 5.41) is 2.51. The van der Waals surface area contributed by atoms with Crippen molar-refractivity contribution in [3.63, 3.8) is 0 Å². The topological polar surface area (TPSA) is 17.1 Å². The minimum atomic E-state index is 0.269. The second-order valence-corrected chi connectivity index (χ2v) is 4.62. The summed E-state index contributed by atoms with van der Waals surface area (Å²) in [6.07, 6.45) is 1.66. The summed E-state index contributed by atoms with van der Waals surface area (Å²) in [5.41, 5.74) is 1.28. The average Bonchev–Trinajstić information content (AvgIpc) is 2.35. The van der Waals surface area contributed by atoms with Gasteiger partial charge in [-0.05, 0) is 35.6 Å². The van der Waals surface area contributed by atoms with Crippen LogP contribution in [0.4, 0.5) is 0 Å². The van der Waals surface area contributed by atoms with Crippen LogP contribution < -0.4 is 0 Å². The Bertz CT molecular complexity index is 528. The molecule has 0 heterocycles. The zero-order valence-corrected chi connectivity index (χ0v) is 10.4. The number of hydrogen-bond acceptors (Lipinski definition) is 1. The lowest BCUT2D eigenvalue weighted by Crippen LogP contribution is -2.03. The Morgan fingerprint density at radius 2 is 1.82 bits per heavy atom. The van der Waals surface area contributed by atoms with Crippen LogP contribution in [0.3, 0.4) is 0 Å². The lowest BCUT2D eigenvalue weighted by atomic mass is 9.90. The molecule has 0 aliphatic rings. The zero-order chi connectivity index (χ0) is 12.3. The number of ketones is 1. The first-order valence-electron chi connectivity index (χ1n) is 6.19. The Labute approximate surface area is 102 Å². The highest BCUT2D eigenvalue weighted by Gasteiger charge is 2.11. The maximum Gasteiger partial charge on any atom is 0.130 e. The van der Waals surface area contributed by atoms with Gasteiger partial charge in [0.25, 0.3) is 0 Å². The van der Waals surface area contributed by atoms with Crippen molar-refractivity contribution in [1.29, 1.82) is 0 Å². The highest BCUT2D eigenvalue weighted by atomic mass is 16.1. The molecule has 0 saturated carbocycles. The number of benzene rings is 2. The third kappa shape index (κ3) is 2.73. The van der Waals surface area contributed by atoms with Crippen LogP contribution in [0.25, 0.3) is 10.8 Å². The Morgan fingerprint density at radius 3 is 2.47 bits per heavy atom. The molecule has 1 heteroatoms. The van der Waals surface area contributed by atoms with Gasteiger partial charge in [-0.3, -0.25) is 0 Å². The summed E-state index contributed by atoms with van der Waals surface area (Å²) in [6.45, 7) is 3.81. The number of Topliss-reactive ketones (excluding diaryl/α,β-unsaturated/α-hetero) is 1. The van der Waals surface area contributed by atoms with E-state index in [9.17, 15) is 4.79 Å². The Hall–Kier alpha value is -1.63. The lowest BCUT2D eigenvalue weighted by molar-refractivity contribution is -0.117. The van der Waals surface area contributed by atoms with Crippen molar-refractivity contribution in [3.8, 4) is 0 Å². The van der Waals surface area contributed by atoms with Crippen LogP contribution >= 0.6 is 0 Å². The van der Waals surface area contributed by atoms with E-state index in [0.717, 1.165) is 6.42 Å². The molecule has 1 atom stereocenters. The number of fused-ring (bicyclic) bond motifs is 1. The first-order valence-corrected chi connectivity index (χ1v) is 6.19.